The molecule has 7 N–H and O–H groups in total. The van der Waals surface area contributed by atoms with Crippen molar-refractivity contribution in [2.24, 2.45) is 0 Å². The van der Waals surface area contributed by atoms with Crippen molar-refractivity contribution >= 4 is 22.9 Å². The molecule has 1 aromatic heterocycles. The molecule has 0 unspecified atom stereocenters. The molecule has 0 aliphatic rings. The maximum atomic E-state index is 5.96. The molecule has 0 bridgehead atoms. The average Bonchev–Trinajstić information content (AvgIpc) is 2.66. The van der Waals surface area contributed by atoms with Crippen molar-refractivity contribution in [3.05, 3.63) is 30.0 Å². The number of nitrogens with zero attached hydrogens (tertiary/aromatic N) is 2. The number of aromatic nitrogens is 2. The van der Waals surface area contributed by atoms with E-state index in [2.05, 4.69) is 10.4 Å². The van der Waals surface area contributed by atoms with Gasteiger partial charge in [0.1, 0.15) is 11.5 Å². The largest absolute Gasteiger partial charge is 0.399 e. The van der Waals surface area contributed by atoms with Gasteiger partial charge in [0.15, 0.2) is 0 Å². The molecule has 102 valence electrons. The Morgan fingerprint density at radius 1 is 1.16 bits per heavy atom. The van der Waals surface area contributed by atoms with E-state index in [1.165, 1.54) is 0 Å². The zero-order chi connectivity index (χ0) is 14.0. The minimum absolute atomic E-state index is 0.188. The van der Waals surface area contributed by atoms with E-state index in [0.717, 1.165) is 17.1 Å². The SMILES string of the molecule is CC(C)n1nc(CNc2ccc(N)cc2)c(N)c1N. The van der Waals surface area contributed by atoms with Gasteiger partial charge in [-0.05, 0) is 38.1 Å². The zero-order valence-electron chi connectivity index (χ0n) is 11.2. The van der Waals surface area contributed by atoms with Crippen LogP contribution >= 0.6 is 0 Å². The Bertz CT molecular complexity index is 555. The van der Waals surface area contributed by atoms with Crippen LogP contribution in [0, 0.1) is 0 Å². The summed E-state index contributed by atoms with van der Waals surface area (Å²) in [5, 5.41) is 7.66. The first-order valence-electron chi connectivity index (χ1n) is 6.20. The van der Waals surface area contributed by atoms with E-state index in [0.29, 0.717) is 18.1 Å². The van der Waals surface area contributed by atoms with Crippen molar-refractivity contribution in [1.29, 1.82) is 0 Å². The molecule has 1 heterocycles. The van der Waals surface area contributed by atoms with Crippen molar-refractivity contribution in [1.82, 2.24) is 9.78 Å². The van der Waals surface area contributed by atoms with E-state index in [4.69, 9.17) is 17.2 Å². The normalized spacial score (nSPS) is 10.9. The fourth-order valence-electron chi connectivity index (χ4n) is 1.82. The number of hydrogen-bond donors (Lipinski definition) is 4. The molecule has 0 radical (unpaired) electrons. The van der Waals surface area contributed by atoms with Gasteiger partial charge in [0, 0.05) is 17.4 Å². The summed E-state index contributed by atoms with van der Waals surface area (Å²) in [6.45, 7) is 4.56. The van der Waals surface area contributed by atoms with Gasteiger partial charge in [-0.25, -0.2) is 4.68 Å². The van der Waals surface area contributed by atoms with Crippen LogP contribution < -0.4 is 22.5 Å². The van der Waals surface area contributed by atoms with E-state index >= 15 is 0 Å². The molecule has 2 aromatic rings. The molecule has 1 aromatic carbocycles. The van der Waals surface area contributed by atoms with E-state index in [1.54, 1.807) is 4.68 Å². The number of nitrogen functional groups attached to an aromatic ring is 3. The van der Waals surface area contributed by atoms with Crippen LogP contribution in [0.5, 0.6) is 0 Å². The number of anilines is 4. The molecule has 0 atom stereocenters. The molecule has 0 spiro atoms. The lowest BCUT2D eigenvalue weighted by Crippen LogP contribution is -2.07. The first-order chi connectivity index (χ1) is 8.99. The van der Waals surface area contributed by atoms with E-state index in [9.17, 15) is 0 Å². The number of rotatable bonds is 4. The zero-order valence-corrected chi connectivity index (χ0v) is 11.2. The lowest BCUT2D eigenvalue weighted by atomic mass is 10.2. The first-order valence-corrected chi connectivity index (χ1v) is 6.20. The summed E-state index contributed by atoms with van der Waals surface area (Å²) < 4.78 is 1.73. The quantitative estimate of drug-likeness (QED) is 0.627. The summed E-state index contributed by atoms with van der Waals surface area (Å²) in [5.41, 5.74) is 20.5. The van der Waals surface area contributed by atoms with Crippen molar-refractivity contribution in [2.75, 3.05) is 22.5 Å². The van der Waals surface area contributed by atoms with Crippen LogP contribution in [0.4, 0.5) is 22.9 Å². The predicted molar refractivity (Wildman–Crippen MR) is 79.6 cm³/mol. The number of nitrogens with two attached hydrogens (primary N) is 3. The molecule has 6 heteroatoms. The van der Waals surface area contributed by atoms with Crippen LogP contribution in [-0.2, 0) is 6.54 Å². The molecule has 0 saturated heterocycles. The predicted octanol–water partition coefficient (Wildman–Crippen LogP) is 1.82. The fourth-order valence-corrected chi connectivity index (χ4v) is 1.82. The Labute approximate surface area is 112 Å². The van der Waals surface area contributed by atoms with Crippen LogP contribution in [0.15, 0.2) is 24.3 Å². The van der Waals surface area contributed by atoms with Crippen molar-refractivity contribution in [3.63, 3.8) is 0 Å². The highest BCUT2D eigenvalue weighted by Crippen LogP contribution is 2.23. The molecule has 0 aliphatic carbocycles. The summed E-state index contributed by atoms with van der Waals surface area (Å²) >= 11 is 0. The lowest BCUT2D eigenvalue weighted by molar-refractivity contribution is 0.535. The lowest BCUT2D eigenvalue weighted by Gasteiger charge is -2.06. The molecule has 6 nitrogen and oxygen atoms in total. The summed E-state index contributed by atoms with van der Waals surface area (Å²) in [5.74, 6) is 0.518. The second-order valence-electron chi connectivity index (χ2n) is 4.76. The summed E-state index contributed by atoms with van der Waals surface area (Å²) in [4.78, 5) is 0. The van der Waals surface area contributed by atoms with E-state index < -0.39 is 0 Å². The van der Waals surface area contributed by atoms with Crippen molar-refractivity contribution in [3.8, 4) is 0 Å². The summed E-state index contributed by atoms with van der Waals surface area (Å²) in [6, 6.07) is 7.69. The molecule has 19 heavy (non-hydrogen) atoms. The van der Waals surface area contributed by atoms with E-state index in [1.807, 2.05) is 38.1 Å². The minimum Gasteiger partial charge on any atom is -0.399 e. The van der Waals surface area contributed by atoms with Gasteiger partial charge in [0.05, 0.1) is 12.2 Å². The first kappa shape index (κ1) is 13.1. The van der Waals surface area contributed by atoms with Gasteiger partial charge in [-0.1, -0.05) is 0 Å². The fraction of sp³-hybridized carbons (Fsp3) is 0.308. The second kappa shape index (κ2) is 5.09. The molecule has 0 saturated carbocycles. The Morgan fingerprint density at radius 2 is 1.79 bits per heavy atom. The van der Waals surface area contributed by atoms with Gasteiger partial charge in [0.25, 0.3) is 0 Å². The highest BCUT2D eigenvalue weighted by molar-refractivity contribution is 5.63. The van der Waals surface area contributed by atoms with Gasteiger partial charge in [0.2, 0.25) is 0 Å². The van der Waals surface area contributed by atoms with Gasteiger partial charge < -0.3 is 22.5 Å². The van der Waals surface area contributed by atoms with Crippen LogP contribution in [0.25, 0.3) is 0 Å². The molecular formula is C13H20N6. The Morgan fingerprint density at radius 3 is 2.32 bits per heavy atom. The molecule has 0 amide bonds. The highest BCUT2D eigenvalue weighted by atomic mass is 15.3. The maximum Gasteiger partial charge on any atom is 0.145 e. The summed E-state index contributed by atoms with van der Waals surface area (Å²) in [6.07, 6.45) is 0. The Kier molecular flexibility index (Phi) is 3.50. The number of benzene rings is 1. The summed E-state index contributed by atoms with van der Waals surface area (Å²) in [7, 11) is 0. The molecule has 2 rings (SSSR count). The van der Waals surface area contributed by atoms with Crippen LogP contribution in [-0.4, -0.2) is 9.78 Å². The van der Waals surface area contributed by atoms with Crippen LogP contribution in [0.1, 0.15) is 25.6 Å². The smallest absolute Gasteiger partial charge is 0.145 e. The van der Waals surface area contributed by atoms with Gasteiger partial charge in [-0.2, -0.15) is 5.10 Å². The van der Waals surface area contributed by atoms with E-state index in [-0.39, 0.29) is 6.04 Å². The van der Waals surface area contributed by atoms with Crippen LogP contribution in [0.3, 0.4) is 0 Å². The standard InChI is InChI=1S/C13H20N6/c1-8(2)19-13(16)12(15)11(18-19)7-17-10-5-3-9(14)4-6-10/h3-6,8,17H,7,14-16H2,1-2H3. The minimum atomic E-state index is 0.188. The van der Waals surface area contributed by atoms with Gasteiger partial charge in [-0.3, -0.25) is 0 Å². The van der Waals surface area contributed by atoms with Gasteiger partial charge >= 0.3 is 0 Å². The third kappa shape index (κ3) is 2.73. The Balaban J connectivity index is 2.11. The number of nitrogens with one attached hydrogen (secondary N) is 1. The van der Waals surface area contributed by atoms with Crippen molar-refractivity contribution < 1.29 is 0 Å². The van der Waals surface area contributed by atoms with Gasteiger partial charge in [-0.15, -0.1) is 0 Å². The molecule has 0 aliphatic heterocycles. The maximum absolute atomic E-state index is 5.96. The third-order valence-electron chi connectivity index (χ3n) is 2.92. The third-order valence-corrected chi connectivity index (χ3v) is 2.92. The topological polar surface area (TPSA) is 108 Å². The monoisotopic (exact) mass is 260 g/mol. The highest BCUT2D eigenvalue weighted by Gasteiger charge is 2.14. The van der Waals surface area contributed by atoms with Crippen molar-refractivity contribution in [2.45, 2.75) is 26.4 Å². The molecule has 0 fully saturated rings. The molecular weight excluding hydrogens is 240 g/mol. The Hall–Kier alpha value is -2.37. The second-order valence-corrected chi connectivity index (χ2v) is 4.76. The number of hydrogen-bond acceptors (Lipinski definition) is 5. The van der Waals surface area contributed by atoms with Crippen LogP contribution in [0.2, 0.25) is 0 Å². The average molecular weight is 260 g/mol.